The minimum Gasteiger partial charge on any atom is -0.507 e. The third-order valence-corrected chi connectivity index (χ3v) is 7.61. The Hall–Kier alpha value is -3.58. The van der Waals surface area contributed by atoms with Crippen molar-refractivity contribution in [3.05, 3.63) is 78.1 Å². The van der Waals surface area contributed by atoms with Crippen LogP contribution in [0.1, 0.15) is 24.8 Å². The van der Waals surface area contributed by atoms with E-state index in [0.29, 0.717) is 22.8 Å². The third kappa shape index (κ3) is 6.45. The summed E-state index contributed by atoms with van der Waals surface area (Å²) in [6, 6.07) is 20.0. The molecule has 3 aromatic rings. The SMILES string of the molecule is O=C(COc1ccccc1-c1ccc(F)cc1O)N1CCC(CCc2ccc(N3CCOCC3)cc2)CC1. The molecule has 0 aliphatic carbocycles. The van der Waals surface area contributed by atoms with Crippen molar-refractivity contribution >= 4 is 11.6 Å². The van der Waals surface area contributed by atoms with Gasteiger partial charge in [0.15, 0.2) is 6.61 Å². The Morgan fingerprint density at radius 2 is 1.68 bits per heavy atom. The summed E-state index contributed by atoms with van der Waals surface area (Å²) in [7, 11) is 0. The lowest BCUT2D eigenvalue weighted by molar-refractivity contribution is -0.134. The molecule has 2 heterocycles. The summed E-state index contributed by atoms with van der Waals surface area (Å²) < 4.78 is 24.7. The van der Waals surface area contributed by atoms with Gasteiger partial charge in [-0.2, -0.15) is 0 Å². The molecule has 7 heteroatoms. The van der Waals surface area contributed by atoms with E-state index in [2.05, 4.69) is 29.2 Å². The van der Waals surface area contributed by atoms with Gasteiger partial charge in [-0.1, -0.05) is 30.3 Å². The molecule has 6 nitrogen and oxygen atoms in total. The molecule has 1 N–H and O–H groups in total. The second-order valence-electron chi connectivity index (χ2n) is 10.1. The van der Waals surface area contributed by atoms with Gasteiger partial charge >= 0.3 is 0 Å². The Kier molecular flexibility index (Phi) is 8.44. The molecule has 2 aliphatic heterocycles. The van der Waals surface area contributed by atoms with Crippen molar-refractivity contribution in [2.75, 3.05) is 50.9 Å². The summed E-state index contributed by atoms with van der Waals surface area (Å²) in [5.74, 6) is 0.381. The summed E-state index contributed by atoms with van der Waals surface area (Å²) in [6.07, 6.45) is 4.18. The molecule has 0 radical (unpaired) electrons. The number of ether oxygens (including phenoxy) is 2. The van der Waals surface area contributed by atoms with E-state index in [1.165, 1.54) is 23.4 Å². The fourth-order valence-electron chi connectivity index (χ4n) is 5.32. The Morgan fingerprint density at radius 1 is 0.947 bits per heavy atom. The lowest BCUT2D eigenvalue weighted by atomic mass is 9.90. The number of aryl methyl sites for hydroxylation is 1. The van der Waals surface area contributed by atoms with Gasteiger partial charge < -0.3 is 24.4 Å². The van der Waals surface area contributed by atoms with Gasteiger partial charge in [0, 0.05) is 49.1 Å². The number of amides is 1. The number of nitrogens with zero attached hydrogens (tertiary/aromatic N) is 2. The van der Waals surface area contributed by atoms with Crippen LogP contribution in [0.25, 0.3) is 11.1 Å². The molecule has 3 aromatic carbocycles. The molecule has 38 heavy (non-hydrogen) atoms. The number of carbonyl (C=O) groups excluding carboxylic acids is 1. The average molecular weight is 519 g/mol. The Morgan fingerprint density at radius 3 is 2.42 bits per heavy atom. The number of likely N-dealkylation sites (tertiary alicyclic amines) is 1. The van der Waals surface area contributed by atoms with Crippen LogP contribution in [0.4, 0.5) is 10.1 Å². The van der Waals surface area contributed by atoms with Crippen molar-refractivity contribution in [3.8, 4) is 22.6 Å². The van der Waals surface area contributed by atoms with Crippen molar-refractivity contribution in [2.45, 2.75) is 25.7 Å². The van der Waals surface area contributed by atoms with Gasteiger partial charge in [-0.25, -0.2) is 4.39 Å². The zero-order valence-electron chi connectivity index (χ0n) is 21.7. The molecule has 0 atom stereocenters. The molecule has 0 aromatic heterocycles. The first-order valence-corrected chi connectivity index (χ1v) is 13.5. The number of hydrogen-bond donors (Lipinski definition) is 1. The predicted octanol–water partition coefficient (Wildman–Crippen LogP) is 5.29. The number of benzene rings is 3. The lowest BCUT2D eigenvalue weighted by Gasteiger charge is -2.32. The monoisotopic (exact) mass is 518 g/mol. The molecule has 2 fully saturated rings. The van der Waals surface area contributed by atoms with E-state index in [0.717, 1.165) is 71.1 Å². The average Bonchev–Trinajstić information content (AvgIpc) is 2.96. The number of morpholine rings is 1. The van der Waals surface area contributed by atoms with Crippen LogP contribution in [0.3, 0.4) is 0 Å². The van der Waals surface area contributed by atoms with E-state index in [9.17, 15) is 14.3 Å². The highest BCUT2D eigenvalue weighted by molar-refractivity contribution is 5.79. The van der Waals surface area contributed by atoms with Gasteiger partial charge in [-0.15, -0.1) is 0 Å². The van der Waals surface area contributed by atoms with E-state index >= 15 is 0 Å². The number of phenols is 1. The van der Waals surface area contributed by atoms with Gasteiger partial charge in [0.05, 0.1) is 13.2 Å². The number of para-hydroxylation sites is 1. The van der Waals surface area contributed by atoms with Crippen molar-refractivity contribution in [2.24, 2.45) is 5.92 Å². The van der Waals surface area contributed by atoms with Gasteiger partial charge in [0.25, 0.3) is 5.91 Å². The molecule has 1 amide bonds. The van der Waals surface area contributed by atoms with Crippen molar-refractivity contribution in [1.82, 2.24) is 4.90 Å². The molecule has 0 bridgehead atoms. The van der Waals surface area contributed by atoms with Crippen LogP contribution in [0.2, 0.25) is 0 Å². The zero-order valence-corrected chi connectivity index (χ0v) is 21.7. The topological polar surface area (TPSA) is 62.2 Å². The molecule has 5 rings (SSSR count). The van der Waals surface area contributed by atoms with Crippen LogP contribution >= 0.6 is 0 Å². The van der Waals surface area contributed by atoms with Crippen LogP contribution in [-0.4, -0.2) is 61.9 Å². The molecular weight excluding hydrogens is 483 g/mol. The molecule has 200 valence electrons. The minimum atomic E-state index is -0.509. The maximum atomic E-state index is 13.4. The number of halogens is 1. The first kappa shape index (κ1) is 26.0. The summed E-state index contributed by atoms with van der Waals surface area (Å²) in [5, 5.41) is 10.2. The van der Waals surface area contributed by atoms with E-state index in [4.69, 9.17) is 9.47 Å². The highest BCUT2D eigenvalue weighted by Gasteiger charge is 2.23. The van der Waals surface area contributed by atoms with Gasteiger partial charge in [-0.3, -0.25) is 4.79 Å². The molecule has 0 saturated carbocycles. The van der Waals surface area contributed by atoms with Crippen LogP contribution in [0.5, 0.6) is 11.5 Å². The molecule has 0 unspecified atom stereocenters. The van der Waals surface area contributed by atoms with Crippen LogP contribution in [-0.2, 0) is 16.0 Å². The molecule has 2 saturated heterocycles. The van der Waals surface area contributed by atoms with Crippen molar-refractivity contribution in [1.29, 1.82) is 0 Å². The van der Waals surface area contributed by atoms with Crippen LogP contribution < -0.4 is 9.64 Å². The second-order valence-corrected chi connectivity index (χ2v) is 10.1. The van der Waals surface area contributed by atoms with E-state index in [1.807, 2.05) is 17.0 Å². The van der Waals surface area contributed by atoms with Crippen molar-refractivity contribution < 1.29 is 23.8 Å². The van der Waals surface area contributed by atoms with E-state index < -0.39 is 5.82 Å². The summed E-state index contributed by atoms with van der Waals surface area (Å²) >= 11 is 0. The number of anilines is 1. The number of carbonyl (C=O) groups is 1. The maximum Gasteiger partial charge on any atom is 0.260 e. The number of piperidine rings is 1. The van der Waals surface area contributed by atoms with E-state index in [1.54, 1.807) is 12.1 Å². The smallest absolute Gasteiger partial charge is 0.260 e. The summed E-state index contributed by atoms with van der Waals surface area (Å²) in [6.45, 7) is 4.90. The van der Waals surface area contributed by atoms with Gasteiger partial charge in [-0.05, 0) is 67.5 Å². The Bertz CT molecular complexity index is 1220. The Labute approximate surface area is 223 Å². The standard InChI is InChI=1S/C31H35FN2O4/c32-25-9-12-27(29(35)21-25)28-3-1-2-4-30(28)38-22-31(36)34-15-13-24(14-16-34)6-5-23-7-10-26(11-8-23)33-17-19-37-20-18-33/h1-4,7-12,21,24,35H,5-6,13-20,22H2. The molecule has 0 spiro atoms. The first-order valence-electron chi connectivity index (χ1n) is 13.5. The fraction of sp³-hybridized carbons (Fsp3) is 0.387. The first-order chi connectivity index (χ1) is 18.6. The number of rotatable bonds is 8. The predicted molar refractivity (Wildman–Crippen MR) is 146 cm³/mol. The number of aromatic hydroxyl groups is 1. The minimum absolute atomic E-state index is 0.0414. The van der Waals surface area contributed by atoms with Crippen LogP contribution in [0.15, 0.2) is 66.7 Å². The highest BCUT2D eigenvalue weighted by atomic mass is 19.1. The van der Waals surface area contributed by atoms with Gasteiger partial charge in [0.1, 0.15) is 17.3 Å². The fourth-order valence-corrected chi connectivity index (χ4v) is 5.32. The third-order valence-electron chi connectivity index (χ3n) is 7.61. The Balaban J connectivity index is 1.07. The normalized spacial score (nSPS) is 16.4. The highest BCUT2D eigenvalue weighted by Crippen LogP contribution is 2.36. The summed E-state index contributed by atoms with van der Waals surface area (Å²) in [5.41, 5.74) is 3.71. The van der Waals surface area contributed by atoms with Crippen LogP contribution in [0, 0.1) is 11.7 Å². The zero-order chi connectivity index (χ0) is 26.3. The quantitative estimate of drug-likeness (QED) is 0.439. The molecule has 2 aliphatic rings. The van der Waals surface area contributed by atoms with E-state index in [-0.39, 0.29) is 18.3 Å². The van der Waals surface area contributed by atoms with Gasteiger partial charge in [0.2, 0.25) is 0 Å². The number of phenolic OH excluding ortho intramolecular Hbond substituents is 1. The summed E-state index contributed by atoms with van der Waals surface area (Å²) in [4.78, 5) is 17.1. The second kappa shape index (κ2) is 12.3. The van der Waals surface area contributed by atoms with Crippen molar-refractivity contribution in [3.63, 3.8) is 0 Å². The number of hydrogen-bond acceptors (Lipinski definition) is 5. The largest absolute Gasteiger partial charge is 0.507 e. The molecular formula is C31H35FN2O4. The maximum absolute atomic E-state index is 13.4. The lowest BCUT2D eigenvalue weighted by Crippen LogP contribution is -2.41.